The molecule has 4 nitrogen and oxygen atoms in total. The van der Waals surface area contributed by atoms with E-state index in [1.54, 1.807) is 7.11 Å². The Bertz CT molecular complexity index is 340. The van der Waals surface area contributed by atoms with Crippen LogP contribution in [0.25, 0.3) is 0 Å². The lowest BCUT2D eigenvalue weighted by molar-refractivity contribution is -0.117. The van der Waals surface area contributed by atoms with Crippen molar-refractivity contribution in [1.82, 2.24) is 0 Å². The predicted molar refractivity (Wildman–Crippen MR) is 75.9 cm³/mol. The molecule has 1 N–H and O–H groups in total. The molecule has 0 saturated heterocycles. The Labute approximate surface area is 115 Å². The number of anilines is 1. The number of carbonyl (C=O) groups is 1. The SMILES string of the molecule is COCCC(=O)Nc1ccc(OCCI)cc1. The van der Waals surface area contributed by atoms with E-state index in [1.807, 2.05) is 24.3 Å². The predicted octanol–water partition coefficient (Wildman–Crippen LogP) is 2.48. The topological polar surface area (TPSA) is 47.6 Å². The second-order valence-electron chi connectivity index (χ2n) is 3.35. The van der Waals surface area contributed by atoms with E-state index in [4.69, 9.17) is 9.47 Å². The van der Waals surface area contributed by atoms with Gasteiger partial charge in [-0.2, -0.15) is 0 Å². The van der Waals surface area contributed by atoms with Gasteiger partial charge in [0.15, 0.2) is 0 Å². The fraction of sp³-hybridized carbons (Fsp3) is 0.417. The smallest absolute Gasteiger partial charge is 0.226 e. The first-order valence-corrected chi connectivity index (χ1v) is 6.86. The van der Waals surface area contributed by atoms with Gasteiger partial charge in [-0.25, -0.2) is 0 Å². The zero-order chi connectivity index (χ0) is 12.5. The highest BCUT2D eigenvalue weighted by atomic mass is 127. The zero-order valence-electron chi connectivity index (χ0n) is 9.74. The average molecular weight is 349 g/mol. The standard InChI is InChI=1S/C12H16INO3/c1-16-8-6-12(15)14-10-2-4-11(5-3-10)17-9-7-13/h2-5H,6-9H2,1H3,(H,14,15). The van der Waals surface area contributed by atoms with Gasteiger partial charge in [0.2, 0.25) is 5.91 Å². The van der Waals surface area contributed by atoms with Crippen molar-refractivity contribution in [3.8, 4) is 5.75 Å². The van der Waals surface area contributed by atoms with Crippen molar-refractivity contribution >= 4 is 34.2 Å². The normalized spacial score (nSPS) is 10.0. The molecule has 17 heavy (non-hydrogen) atoms. The molecule has 1 rings (SSSR count). The lowest BCUT2D eigenvalue weighted by Crippen LogP contribution is -2.13. The quantitative estimate of drug-likeness (QED) is 0.608. The molecule has 0 saturated carbocycles. The van der Waals surface area contributed by atoms with E-state index in [0.29, 0.717) is 19.6 Å². The van der Waals surface area contributed by atoms with Crippen molar-refractivity contribution in [3.05, 3.63) is 24.3 Å². The number of rotatable bonds is 7. The molecule has 0 bridgehead atoms. The van der Waals surface area contributed by atoms with E-state index in [2.05, 4.69) is 27.9 Å². The van der Waals surface area contributed by atoms with Gasteiger partial charge >= 0.3 is 0 Å². The molecule has 0 aromatic heterocycles. The number of hydrogen-bond donors (Lipinski definition) is 1. The molecule has 0 radical (unpaired) electrons. The monoisotopic (exact) mass is 349 g/mol. The van der Waals surface area contributed by atoms with Crippen molar-refractivity contribution in [1.29, 1.82) is 0 Å². The molecule has 1 aromatic rings. The second-order valence-corrected chi connectivity index (χ2v) is 4.43. The molecule has 1 aromatic carbocycles. The first-order valence-electron chi connectivity index (χ1n) is 5.34. The molecule has 0 heterocycles. The molecule has 5 heteroatoms. The van der Waals surface area contributed by atoms with E-state index in [0.717, 1.165) is 15.9 Å². The molecule has 0 atom stereocenters. The van der Waals surface area contributed by atoms with Crippen LogP contribution in [-0.4, -0.2) is 30.7 Å². The summed E-state index contributed by atoms with van der Waals surface area (Å²) >= 11 is 2.26. The summed E-state index contributed by atoms with van der Waals surface area (Å²) in [6.07, 6.45) is 0.365. The number of carbonyl (C=O) groups excluding carboxylic acids is 1. The minimum Gasteiger partial charge on any atom is -0.493 e. The van der Waals surface area contributed by atoms with E-state index in [9.17, 15) is 4.79 Å². The number of nitrogens with one attached hydrogen (secondary N) is 1. The maximum atomic E-state index is 11.4. The van der Waals surface area contributed by atoms with Crippen LogP contribution in [0.1, 0.15) is 6.42 Å². The Kier molecular flexibility index (Phi) is 6.95. The van der Waals surface area contributed by atoms with E-state index in [-0.39, 0.29) is 5.91 Å². The van der Waals surface area contributed by atoms with E-state index >= 15 is 0 Å². The third-order valence-electron chi connectivity index (χ3n) is 2.02. The first-order chi connectivity index (χ1) is 8.26. The van der Waals surface area contributed by atoms with E-state index in [1.165, 1.54) is 0 Å². The van der Waals surface area contributed by atoms with Crippen LogP contribution in [0.15, 0.2) is 24.3 Å². The van der Waals surface area contributed by atoms with Crippen molar-refractivity contribution in [2.45, 2.75) is 6.42 Å². The average Bonchev–Trinajstić information content (AvgIpc) is 2.35. The molecule has 0 unspecified atom stereocenters. The summed E-state index contributed by atoms with van der Waals surface area (Å²) in [5, 5.41) is 2.78. The van der Waals surface area contributed by atoms with Gasteiger partial charge in [-0.05, 0) is 24.3 Å². The highest BCUT2D eigenvalue weighted by molar-refractivity contribution is 14.1. The third-order valence-corrected chi connectivity index (χ3v) is 2.46. The van der Waals surface area contributed by atoms with Crippen molar-refractivity contribution < 1.29 is 14.3 Å². The maximum Gasteiger partial charge on any atom is 0.226 e. The Balaban J connectivity index is 2.42. The van der Waals surface area contributed by atoms with Crippen molar-refractivity contribution in [2.75, 3.05) is 30.1 Å². The summed E-state index contributed by atoms with van der Waals surface area (Å²) in [5.41, 5.74) is 0.771. The number of hydrogen-bond acceptors (Lipinski definition) is 3. The van der Waals surface area contributed by atoms with Gasteiger partial charge in [0, 0.05) is 17.2 Å². The summed E-state index contributed by atoms with van der Waals surface area (Å²) in [7, 11) is 1.58. The highest BCUT2D eigenvalue weighted by Crippen LogP contribution is 2.15. The summed E-state index contributed by atoms with van der Waals surface area (Å²) < 4.78 is 11.2. The number of methoxy groups -OCH3 is 1. The molecule has 1 amide bonds. The van der Waals surface area contributed by atoms with Crippen LogP contribution in [0.4, 0.5) is 5.69 Å². The summed E-state index contributed by atoms with van der Waals surface area (Å²) in [4.78, 5) is 11.4. The molecule has 94 valence electrons. The molecule has 0 aliphatic heterocycles. The lowest BCUT2D eigenvalue weighted by Gasteiger charge is -2.07. The van der Waals surface area contributed by atoms with Crippen LogP contribution < -0.4 is 10.1 Å². The van der Waals surface area contributed by atoms with Gasteiger partial charge in [0.1, 0.15) is 5.75 Å². The molecule has 0 fully saturated rings. The van der Waals surface area contributed by atoms with Crippen molar-refractivity contribution in [2.24, 2.45) is 0 Å². The minimum atomic E-state index is -0.0484. The second kappa shape index (κ2) is 8.30. The maximum absolute atomic E-state index is 11.4. The molecular weight excluding hydrogens is 333 g/mol. The van der Waals surface area contributed by atoms with Crippen molar-refractivity contribution in [3.63, 3.8) is 0 Å². The van der Waals surface area contributed by atoms with Crippen LogP contribution in [0.3, 0.4) is 0 Å². The molecule has 0 aliphatic carbocycles. The lowest BCUT2D eigenvalue weighted by atomic mass is 10.3. The number of alkyl halides is 1. The minimum absolute atomic E-state index is 0.0484. The zero-order valence-corrected chi connectivity index (χ0v) is 11.9. The Morgan fingerprint density at radius 3 is 2.59 bits per heavy atom. The van der Waals surface area contributed by atoms with E-state index < -0.39 is 0 Å². The van der Waals surface area contributed by atoms with Gasteiger partial charge < -0.3 is 14.8 Å². The fourth-order valence-electron chi connectivity index (χ4n) is 1.21. The first kappa shape index (κ1) is 14.2. The van der Waals surface area contributed by atoms with Crippen LogP contribution in [-0.2, 0) is 9.53 Å². The fourth-order valence-corrected chi connectivity index (χ4v) is 1.43. The number of halogens is 1. The Morgan fingerprint density at radius 2 is 2.00 bits per heavy atom. The van der Waals surface area contributed by atoms with Gasteiger partial charge in [-0.1, -0.05) is 22.6 Å². The number of ether oxygens (including phenoxy) is 2. The van der Waals surface area contributed by atoms with Gasteiger partial charge in [0.25, 0.3) is 0 Å². The van der Waals surface area contributed by atoms with Crippen LogP contribution in [0.5, 0.6) is 5.75 Å². The third kappa shape index (κ3) is 5.88. The van der Waals surface area contributed by atoms with Crippen LogP contribution >= 0.6 is 22.6 Å². The molecule has 0 aliphatic rings. The van der Waals surface area contributed by atoms with Gasteiger partial charge in [0.05, 0.1) is 19.6 Å². The summed E-state index contributed by atoms with van der Waals surface area (Å²) in [6.45, 7) is 1.13. The highest BCUT2D eigenvalue weighted by Gasteiger charge is 2.01. The van der Waals surface area contributed by atoms with Crippen LogP contribution in [0.2, 0.25) is 0 Å². The van der Waals surface area contributed by atoms with Gasteiger partial charge in [-0.15, -0.1) is 0 Å². The largest absolute Gasteiger partial charge is 0.493 e. The number of benzene rings is 1. The Hall–Kier alpha value is -0.820. The molecular formula is C12H16INO3. The number of amides is 1. The Morgan fingerprint density at radius 1 is 1.29 bits per heavy atom. The van der Waals surface area contributed by atoms with Gasteiger partial charge in [-0.3, -0.25) is 4.79 Å². The summed E-state index contributed by atoms with van der Waals surface area (Å²) in [5.74, 6) is 0.768. The molecule has 0 spiro atoms. The summed E-state index contributed by atoms with van der Waals surface area (Å²) in [6, 6.07) is 7.34. The van der Waals surface area contributed by atoms with Crippen LogP contribution in [0, 0.1) is 0 Å².